The molecule has 1 aromatic heterocycles. The van der Waals surface area contributed by atoms with Gasteiger partial charge in [-0.25, -0.2) is 9.18 Å². The molecule has 0 saturated carbocycles. The first-order valence-electron chi connectivity index (χ1n) is 10.3. The third kappa shape index (κ3) is 4.43. The molecule has 158 valence electrons. The second kappa shape index (κ2) is 9.00. The summed E-state index contributed by atoms with van der Waals surface area (Å²) in [5.74, 6) is -1.01. The Balaban J connectivity index is 1.53. The van der Waals surface area contributed by atoms with Gasteiger partial charge in [0, 0.05) is 24.8 Å². The fraction of sp³-hybridized carbons (Fsp3) is 0.200. The molecule has 4 rings (SSSR count). The molecule has 0 amide bonds. The van der Waals surface area contributed by atoms with Crippen molar-refractivity contribution >= 4 is 23.0 Å². The lowest BCUT2D eigenvalue weighted by atomic mass is 9.82. The minimum atomic E-state index is -0.993. The molecule has 3 aromatic rings. The first-order valence-corrected chi connectivity index (χ1v) is 10.3. The Morgan fingerprint density at radius 1 is 1.26 bits per heavy atom. The van der Waals surface area contributed by atoms with Crippen LogP contribution in [0, 0.1) is 5.82 Å². The maximum Gasteiger partial charge on any atom is 0.337 e. The number of carboxylic acid groups (broad SMARTS) is 1. The average Bonchev–Trinajstić information content (AvgIpc) is 2.79. The summed E-state index contributed by atoms with van der Waals surface area (Å²) >= 11 is 0. The van der Waals surface area contributed by atoms with Gasteiger partial charge in [0.05, 0.1) is 23.1 Å². The van der Waals surface area contributed by atoms with Crippen LogP contribution in [0.2, 0.25) is 0 Å². The van der Waals surface area contributed by atoms with Crippen LogP contribution in [0.4, 0.5) is 21.5 Å². The molecule has 5 nitrogen and oxygen atoms in total. The second-order valence-corrected chi connectivity index (χ2v) is 7.62. The van der Waals surface area contributed by atoms with Gasteiger partial charge in [0.2, 0.25) is 0 Å². The number of aromatic carboxylic acids is 1. The number of para-hydroxylation sites is 1. The number of hydrogen-bond donors (Lipinski definition) is 2. The smallest absolute Gasteiger partial charge is 0.337 e. The molecule has 1 heterocycles. The van der Waals surface area contributed by atoms with E-state index >= 15 is 0 Å². The predicted octanol–water partition coefficient (Wildman–Crippen LogP) is 5.73. The molecule has 2 aromatic carbocycles. The molecule has 0 saturated heterocycles. The number of hydrogen-bond acceptors (Lipinski definition) is 4. The topological polar surface area (TPSA) is 65.5 Å². The highest BCUT2D eigenvalue weighted by Crippen LogP contribution is 2.36. The number of carbonyl (C=O) groups is 1. The number of anilines is 3. The molecule has 31 heavy (non-hydrogen) atoms. The van der Waals surface area contributed by atoms with Crippen LogP contribution in [0.1, 0.15) is 40.2 Å². The molecule has 1 unspecified atom stereocenters. The summed E-state index contributed by atoms with van der Waals surface area (Å²) in [6.07, 6.45) is 9.89. The zero-order valence-corrected chi connectivity index (χ0v) is 17.3. The number of carboxylic acids is 1. The number of nitrogens with zero attached hydrogens (tertiary/aromatic N) is 2. The van der Waals surface area contributed by atoms with Crippen LogP contribution < -0.4 is 10.2 Å². The van der Waals surface area contributed by atoms with Gasteiger partial charge in [-0.2, -0.15) is 0 Å². The largest absolute Gasteiger partial charge is 0.478 e. The predicted molar refractivity (Wildman–Crippen MR) is 121 cm³/mol. The number of rotatable bonds is 6. The Labute approximate surface area is 180 Å². The number of benzene rings is 2. The lowest BCUT2D eigenvalue weighted by Crippen LogP contribution is -2.14. The lowest BCUT2D eigenvalue weighted by Gasteiger charge is -2.26. The molecule has 6 heteroatoms. The van der Waals surface area contributed by atoms with E-state index in [4.69, 9.17) is 0 Å². The van der Waals surface area contributed by atoms with E-state index in [0.29, 0.717) is 11.4 Å². The lowest BCUT2D eigenvalue weighted by molar-refractivity contribution is 0.0698. The number of nitrogens with one attached hydrogen (secondary N) is 1. The SMILES string of the molecule is CN(c1ccc2c(c1)CCCC2/C=C/Nc1cnccc1C(=O)O)c1ccccc1F. The normalized spacial score (nSPS) is 15.5. The summed E-state index contributed by atoms with van der Waals surface area (Å²) in [6, 6.07) is 14.5. The molecule has 1 aliphatic rings. The Kier molecular flexibility index (Phi) is 5.98. The highest BCUT2D eigenvalue weighted by atomic mass is 19.1. The zero-order chi connectivity index (χ0) is 21.8. The Hall–Kier alpha value is -3.67. The van der Waals surface area contributed by atoms with Crippen molar-refractivity contribution in [2.75, 3.05) is 17.3 Å². The van der Waals surface area contributed by atoms with Gasteiger partial charge in [0.25, 0.3) is 0 Å². The first-order chi connectivity index (χ1) is 15.0. The van der Waals surface area contributed by atoms with Gasteiger partial charge in [-0.15, -0.1) is 0 Å². The summed E-state index contributed by atoms with van der Waals surface area (Å²) in [4.78, 5) is 17.2. The zero-order valence-electron chi connectivity index (χ0n) is 17.3. The van der Waals surface area contributed by atoms with Gasteiger partial charge in [0.15, 0.2) is 0 Å². The highest BCUT2D eigenvalue weighted by molar-refractivity contribution is 5.94. The van der Waals surface area contributed by atoms with Crippen molar-refractivity contribution in [3.63, 3.8) is 0 Å². The standard InChI is InChI=1S/C25H24FN3O2/c1-29(24-8-3-2-7-22(24)26)19-9-10-20-17(5-4-6-18(20)15-19)11-14-28-23-16-27-13-12-21(23)25(30)31/h2-3,7-17,28H,4-6H2,1H3,(H,30,31)/b14-11+. The number of halogens is 1. The molecule has 0 aliphatic heterocycles. The van der Waals surface area contributed by atoms with Crippen molar-refractivity contribution < 1.29 is 14.3 Å². The van der Waals surface area contributed by atoms with Gasteiger partial charge >= 0.3 is 5.97 Å². The summed E-state index contributed by atoms with van der Waals surface area (Å²) in [5.41, 5.74) is 4.65. The second-order valence-electron chi connectivity index (χ2n) is 7.62. The number of fused-ring (bicyclic) bond motifs is 1. The average molecular weight is 417 g/mol. The summed E-state index contributed by atoms with van der Waals surface area (Å²) in [7, 11) is 1.87. The molecule has 0 spiro atoms. The number of aryl methyl sites for hydroxylation is 1. The van der Waals surface area contributed by atoms with Crippen LogP contribution >= 0.6 is 0 Å². The van der Waals surface area contributed by atoms with Crippen LogP contribution in [0.5, 0.6) is 0 Å². The minimum absolute atomic E-state index is 0.185. The van der Waals surface area contributed by atoms with E-state index in [1.54, 1.807) is 18.3 Å². The van der Waals surface area contributed by atoms with Gasteiger partial charge in [0.1, 0.15) is 5.82 Å². The van der Waals surface area contributed by atoms with Crippen LogP contribution in [0.3, 0.4) is 0 Å². The Bertz CT molecular complexity index is 1130. The molecular formula is C25H24FN3O2. The Morgan fingerprint density at radius 3 is 2.90 bits per heavy atom. The molecule has 0 bridgehead atoms. The highest BCUT2D eigenvalue weighted by Gasteiger charge is 2.20. The monoisotopic (exact) mass is 417 g/mol. The summed E-state index contributed by atoms with van der Waals surface area (Å²) in [5, 5.41) is 12.4. The fourth-order valence-corrected chi connectivity index (χ4v) is 4.06. The van der Waals surface area contributed by atoms with E-state index in [1.165, 1.54) is 35.7 Å². The van der Waals surface area contributed by atoms with Crippen LogP contribution in [0.15, 0.2) is 73.2 Å². The van der Waals surface area contributed by atoms with Crippen LogP contribution in [-0.2, 0) is 6.42 Å². The van der Waals surface area contributed by atoms with Crippen molar-refractivity contribution in [3.05, 3.63) is 95.7 Å². The Morgan fingerprint density at radius 2 is 2.10 bits per heavy atom. The molecule has 1 aliphatic carbocycles. The molecule has 0 radical (unpaired) electrons. The van der Waals surface area contributed by atoms with E-state index in [0.717, 1.165) is 24.9 Å². The third-order valence-electron chi connectivity index (χ3n) is 5.71. The van der Waals surface area contributed by atoms with E-state index in [9.17, 15) is 14.3 Å². The maximum atomic E-state index is 14.2. The molecular weight excluding hydrogens is 393 g/mol. The van der Waals surface area contributed by atoms with Gasteiger partial charge < -0.3 is 15.3 Å². The molecule has 1 atom stereocenters. The minimum Gasteiger partial charge on any atom is -0.478 e. The fourth-order valence-electron chi connectivity index (χ4n) is 4.06. The van der Waals surface area contributed by atoms with Crippen molar-refractivity contribution in [1.82, 2.24) is 4.98 Å². The van der Waals surface area contributed by atoms with Crippen LogP contribution in [0.25, 0.3) is 0 Å². The number of aromatic nitrogens is 1. The van der Waals surface area contributed by atoms with Crippen LogP contribution in [-0.4, -0.2) is 23.1 Å². The van der Waals surface area contributed by atoms with E-state index in [1.807, 2.05) is 24.1 Å². The van der Waals surface area contributed by atoms with Gasteiger partial charge in [-0.3, -0.25) is 4.98 Å². The van der Waals surface area contributed by atoms with E-state index < -0.39 is 5.97 Å². The van der Waals surface area contributed by atoms with Gasteiger partial charge in [-0.05, 0) is 66.9 Å². The maximum absolute atomic E-state index is 14.2. The summed E-state index contributed by atoms with van der Waals surface area (Å²) in [6.45, 7) is 0. The number of pyridine rings is 1. The van der Waals surface area contributed by atoms with E-state index in [-0.39, 0.29) is 17.3 Å². The van der Waals surface area contributed by atoms with Crippen molar-refractivity contribution in [1.29, 1.82) is 0 Å². The summed E-state index contributed by atoms with van der Waals surface area (Å²) < 4.78 is 14.2. The quantitative estimate of drug-likeness (QED) is 0.536. The number of allylic oxidation sites excluding steroid dienone is 1. The van der Waals surface area contributed by atoms with Crippen molar-refractivity contribution in [3.8, 4) is 0 Å². The van der Waals surface area contributed by atoms with E-state index in [2.05, 4.69) is 28.5 Å². The molecule has 0 fully saturated rings. The van der Waals surface area contributed by atoms with Crippen molar-refractivity contribution in [2.24, 2.45) is 0 Å². The first kappa shape index (κ1) is 20.6. The van der Waals surface area contributed by atoms with Crippen molar-refractivity contribution in [2.45, 2.75) is 25.2 Å². The third-order valence-corrected chi connectivity index (χ3v) is 5.71. The van der Waals surface area contributed by atoms with Gasteiger partial charge in [-0.1, -0.05) is 24.3 Å². The molecule has 2 N–H and O–H groups in total.